The smallest absolute Gasteiger partial charge is 0.333 e. The Morgan fingerprint density at radius 3 is 1.11 bits per heavy atom. The molecule has 0 spiro atoms. The van der Waals surface area contributed by atoms with Crippen molar-refractivity contribution < 1.29 is 33.2 Å². The Kier molecular flexibility index (Phi) is 30.0. The molecular formula is C37H72O7. The van der Waals surface area contributed by atoms with Gasteiger partial charge in [-0.05, 0) is 48.0 Å². The topological polar surface area (TPSA) is 72.5 Å². The van der Waals surface area contributed by atoms with Crippen LogP contribution in [0.5, 0.6) is 0 Å². The van der Waals surface area contributed by atoms with Crippen molar-refractivity contribution in [3.63, 3.8) is 0 Å². The van der Waals surface area contributed by atoms with E-state index in [-0.39, 0.29) is 37.1 Å². The lowest BCUT2D eigenvalue weighted by atomic mass is 10.0. The highest BCUT2D eigenvalue weighted by Crippen LogP contribution is 2.14. The minimum atomic E-state index is -0.401. The van der Waals surface area contributed by atoms with Gasteiger partial charge in [0.15, 0.2) is 0 Å². The predicted molar refractivity (Wildman–Crippen MR) is 182 cm³/mol. The molecular weight excluding hydrogens is 556 g/mol. The standard InChI is InChI=1S/C37H72O7/c1-9-10-11-12-13-14-15-16-17-18-19-20-21-22-23-24-25-39-32(4)26-40-33(5)27-41-34(6)28-42-35(7)29-43-36(8)30-44-37(38)31(2)3/h32-36H,2,9-30H2,1,3-8H3. The number of esters is 1. The molecule has 0 N–H and O–H groups in total. The van der Waals surface area contributed by atoms with Crippen LogP contribution in [0.15, 0.2) is 12.2 Å². The fourth-order valence-corrected chi connectivity index (χ4v) is 4.69. The van der Waals surface area contributed by atoms with Crippen LogP contribution >= 0.6 is 0 Å². The second-order valence-corrected chi connectivity index (χ2v) is 12.9. The Balaban J connectivity index is 3.56. The van der Waals surface area contributed by atoms with Crippen molar-refractivity contribution in [1.82, 2.24) is 0 Å². The average Bonchev–Trinajstić information content (AvgIpc) is 3.00. The Bertz CT molecular complexity index is 656. The highest BCUT2D eigenvalue weighted by atomic mass is 16.6. The summed E-state index contributed by atoms with van der Waals surface area (Å²) >= 11 is 0. The van der Waals surface area contributed by atoms with E-state index < -0.39 is 5.97 Å². The first-order valence-corrected chi connectivity index (χ1v) is 18.1. The van der Waals surface area contributed by atoms with Crippen LogP contribution in [0.3, 0.4) is 0 Å². The molecule has 0 aromatic rings. The van der Waals surface area contributed by atoms with E-state index >= 15 is 0 Å². The maximum atomic E-state index is 11.5. The molecule has 0 heterocycles. The SMILES string of the molecule is C=C(C)C(=O)OCC(C)OCC(C)OCC(C)OCC(C)OCC(C)OCCCCCCCCCCCCCCCCCC. The fourth-order valence-electron chi connectivity index (χ4n) is 4.69. The van der Waals surface area contributed by atoms with Gasteiger partial charge in [0.2, 0.25) is 0 Å². The summed E-state index contributed by atoms with van der Waals surface area (Å²) in [5, 5.41) is 0. The maximum Gasteiger partial charge on any atom is 0.333 e. The number of unbranched alkanes of at least 4 members (excludes halogenated alkanes) is 15. The van der Waals surface area contributed by atoms with Crippen LogP contribution in [-0.2, 0) is 33.2 Å². The zero-order valence-corrected chi connectivity index (χ0v) is 30.0. The zero-order valence-electron chi connectivity index (χ0n) is 30.0. The van der Waals surface area contributed by atoms with E-state index in [4.69, 9.17) is 28.4 Å². The zero-order chi connectivity index (χ0) is 32.8. The van der Waals surface area contributed by atoms with Crippen molar-refractivity contribution in [2.45, 2.75) is 182 Å². The van der Waals surface area contributed by atoms with Crippen LogP contribution in [0.1, 0.15) is 151 Å². The van der Waals surface area contributed by atoms with E-state index in [1.54, 1.807) is 6.92 Å². The second kappa shape index (κ2) is 30.7. The van der Waals surface area contributed by atoms with Crippen LogP contribution in [0.2, 0.25) is 0 Å². The first-order chi connectivity index (χ1) is 21.1. The molecule has 0 saturated heterocycles. The molecule has 262 valence electrons. The number of carbonyl (C=O) groups excluding carboxylic acids is 1. The van der Waals surface area contributed by atoms with E-state index in [9.17, 15) is 4.79 Å². The molecule has 0 aromatic carbocycles. The summed E-state index contributed by atoms with van der Waals surface area (Å²) in [6.45, 7) is 20.3. The molecule has 7 heteroatoms. The minimum absolute atomic E-state index is 0.0115. The van der Waals surface area contributed by atoms with Gasteiger partial charge in [0.25, 0.3) is 0 Å². The third kappa shape index (κ3) is 29.7. The third-order valence-electron chi connectivity index (χ3n) is 7.66. The van der Waals surface area contributed by atoms with Gasteiger partial charge in [0, 0.05) is 12.2 Å². The number of carbonyl (C=O) groups is 1. The molecule has 5 atom stereocenters. The van der Waals surface area contributed by atoms with E-state index in [0.717, 1.165) is 13.0 Å². The summed E-state index contributed by atoms with van der Waals surface area (Å²) in [6.07, 6.45) is 21.8. The summed E-state index contributed by atoms with van der Waals surface area (Å²) in [6, 6.07) is 0. The second-order valence-electron chi connectivity index (χ2n) is 12.9. The van der Waals surface area contributed by atoms with Gasteiger partial charge in [0.1, 0.15) is 6.61 Å². The Labute approximate surface area is 272 Å². The van der Waals surface area contributed by atoms with Crippen LogP contribution in [0.4, 0.5) is 0 Å². The molecule has 44 heavy (non-hydrogen) atoms. The van der Waals surface area contributed by atoms with Gasteiger partial charge in [-0.25, -0.2) is 4.79 Å². The summed E-state index contributed by atoms with van der Waals surface area (Å²) in [5.41, 5.74) is 0.381. The molecule has 0 radical (unpaired) electrons. The molecule has 7 nitrogen and oxygen atoms in total. The molecule has 0 fully saturated rings. The first-order valence-electron chi connectivity index (χ1n) is 18.1. The van der Waals surface area contributed by atoms with E-state index in [1.165, 1.54) is 96.3 Å². The van der Waals surface area contributed by atoms with Crippen molar-refractivity contribution in [2.24, 2.45) is 0 Å². The average molecular weight is 629 g/mol. The quantitative estimate of drug-likeness (QED) is 0.0407. The lowest BCUT2D eigenvalue weighted by Gasteiger charge is -2.22. The third-order valence-corrected chi connectivity index (χ3v) is 7.66. The van der Waals surface area contributed by atoms with Crippen LogP contribution in [0.25, 0.3) is 0 Å². The Hall–Kier alpha value is -0.990. The lowest BCUT2D eigenvalue weighted by molar-refractivity contribution is -0.144. The Morgan fingerprint density at radius 1 is 0.477 bits per heavy atom. The summed E-state index contributed by atoms with van der Waals surface area (Å²) in [4.78, 5) is 11.5. The van der Waals surface area contributed by atoms with Crippen molar-refractivity contribution in [3.05, 3.63) is 12.2 Å². The van der Waals surface area contributed by atoms with Crippen molar-refractivity contribution >= 4 is 5.97 Å². The highest BCUT2D eigenvalue weighted by molar-refractivity contribution is 5.86. The molecule has 0 bridgehead atoms. The van der Waals surface area contributed by atoms with Gasteiger partial charge in [-0.3, -0.25) is 0 Å². The molecule has 0 aliphatic heterocycles. The molecule has 0 amide bonds. The van der Waals surface area contributed by atoms with Crippen LogP contribution in [0, 0.1) is 0 Å². The van der Waals surface area contributed by atoms with Crippen molar-refractivity contribution in [2.75, 3.05) is 39.6 Å². The van der Waals surface area contributed by atoms with Gasteiger partial charge in [0.05, 0.1) is 56.9 Å². The van der Waals surface area contributed by atoms with Gasteiger partial charge in [-0.2, -0.15) is 0 Å². The fraction of sp³-hybridized carbons (Fsp3) is 0.919. The maximum absolute atomic E-state index is 11.5. The first kappa shape index (κ1) is 43.0. The van der Waals surface area contributed by atoms with Crippen molar-refractivity contribution in [3.8, 4) is 0 Å². The summed E-state index contributed by atoms with van der Waals surface area (Å²) < 4.78 is 34.4. The van der Waals surface area contributed by atoms with E-state index in [2.05, 4.69) is 20.4 Å². The summed E-state index contributed by atoms with van der Waals surface area (Å²) in [5.74, 6) is -0.401. The van der Waals surface area contributed by atoms with Gasteiger partial charge in [-0.15, -0.1) is 0 Å². The largest absolute Gasteiger partial charge is 0.460 e. The van der Waals surface area contributed by atoms with Crippen LogP contribution in [-0.4, -0.2) is 76.1 Å². The molecule has 0 rings (SSSR count). The monoisotopic (exact) mass is 629 g/mol. The van der Waals surface area contributed by atoms with Gasteiger partial charge < -0.3 is 28.4 Å². The normalized spacial score (nSPS) is 15.1. The Morgan fingerprint density at radius 2 is 0.773 bits per heavy atom. The van der Waals surface area contributed by atoms with E-state index in [1.807, 2.05) is 27.7 Å². The van der Waals surface area contributed by atoms with Gasteiger partial charge in [-0.1, -0.05) is 110 Å². The molecule has 0 aliphatic rings. The predicted octanol–water partition coefficient (Wildman–Crippen LogP) is 9.39. The van der Waals surface area contributed by atoms with Crippen molar-refractivity contribution in [1.29, 1.82) is 0 Å². The number of hydrogen-bond donors (Lipinski definition) is 0. The molecule has 0 saturated carbocycles. The highest BCUT2D eigenvalue weighted by Gasteiger charge is 2.13. The molecule has 5 unspecified atom stereocenters. The number of hydrogen-bond acceptors (Lipinski definition) is 7. The summed E-state index contributed by atoms with van der Waals surface area (Å²) in [7, 11) is 0. The molecule has 0 aliphatic carbocycles. The van der Waals surface area contributed by atoms with Gasteiger partial charge >= 0.3 is 5.97 Å². The number of rotatable bonds is 33. The van der Waals surface area contributed by atoms with Crippen LogP contribution < -0.4 is 0 Å². The van der Waals surface area contributed by atoms with E-state index in [0.29, 0.717) is 32.0 Å². The molecule has 0 aromatic heterocycles. The minimum Gasteiger partial charge on any atom is -0.460 e. The lowest BCUT2D eigenvalue weighted by Crippen LogP contribution is -2.29. The number of ether oxygens (including phenoxy) is 6.